The van der Waals surface area contributed by atoms with E-state index in [0.29, 0.717) is 12.6 Å². The van der Waals surface area contributed by atoms with Gasteiger partial charge in [0, 0.05) is 25.0 Å². The van der Waals surface area contributed by atoms with Crippen LogP contribution in [0.15, 0.2) is 18.5 Å². The summed E-state index contributed by atoms with van der Waals surface area (Å²) in [5.41, 5.74) is 1.22. The number of hydrogen-bond donors (Lipinski definition) is 2. The van der Waals surface area contributed by atoms with E-state index in [1.54, 1.807) is 0 Å². The molecule has 0 aliphatic rings. The molecule has 0 bridgehead atoms. The summed E-state index contributed by atoms with van der Waals surface area (Å²) in [5, 5.41) is 6.22. The van der Waals surface area contributed by atoms with Crippen LogP contribution in [0, 0.1) is 0 Å². The first-order valence-corrected chi connectivity index (χ1v) is 6.33. The number of carbonyl (C=O) groups is 1. The number of carbonyl (C=O) groups excluding carboxylic acids is 1. The van der Waals surface area contributed by atoms with Gasteiger partial charge < -0.3 is 15.2 Å². The average molecular weight is 237 g/mol. The molecule has 1 atom stereocenters. The van der Waals surface area contributed by atoms with Gasteiger partial charge in [0.15, 0.2) is 0 Å². The van der Waals surface area contributed by atoms with Gasteiger partial charge in [-0.1, -0.05) is 13.8 Å². The molecule has 17 heavy (non-hydrogen) atoms. The van der Waals surface area contributed by atoms with Gasteiger partial charge in [0.2, 0.25) is 5.91 Å². The summed E-state index contributed by atoms with van der Waals surface area (Å²) in [6.45, 7) is 8.36. The SMILES string of the molecule is CCCNC(=O)Cn1ccc(C(C)NCC)c1. The van der Waals surface area contributed by atoms with Gasteiger partial charge >= 0.3 is 0 Å². The highest BCUT2D eigenvalue weighted by Gasteiger charge is 2.07. The van der Waals surface area contributed by atoms with Crippen molar-refractivity contribution in [1.82, 2.24) is 15.2 Å². The second-order valence-corrected chi connectivity index (χ2v) is 4.25. The van der Waals surface area contributed by atoms with E-state index in [9.17, 15) is 4.79 Å². The molecule has 4 nitrogen and oxygen atoms in total. The molecule has 0 aliphatic heterocycles. The van der Waals surface area contributed by atoms with E-state index in [4.69, 9.17) is 0 Å². The van der Waals surface area contributed by atoms with Crippen molar-refractivity contribution < 1.29 is 4.79 Å². The molecule has 1 aromatic heterocycles. The van der Waals surface area contributed by atoms with Gasteiger partial charge in [-0.2, -0.15) is 0 Å². The standard InChI is InChI=1S/C13H23N3O/c1-4-7-15-13(17)10-16-8-6-12(9-16)11(3)14-5-2/h6,8-9,11,14H,4-5,7,10H2,1-3H3,(H,15,17). The zero-order valence-corrected chi connectivity index (χ0v) is 11.0. The van der Waals surface area contributed by atoms with Crippen LogP contribution in [0.4, 0.5) is 0 Å². The summed E-state index contributed by atoms with van der Waals surface area (Å²) < 4.78 is 1.92. The Morgan fingerprint density at radius 2 is 2.24 bits per heavy atom. The Balaban J connectivity index is 2.47. The van der Waals surface area contributed by atoms with E-state index >= 15 is 0 Å². The minimum Gasteiger partial charge on any atom is -0.355 e. The molecule has 96 valence electrons. The third-order valence-electron chi connectivity index (χ3n) is 2.68. The van der Waals surface area contributed by atoms with Crippen LogP contribution >= 0.6 is 0 Å². The van der Waals surface area contributed by atoms with Crippen LogP contribution in [-0.2, 0) is 11.3 Å². The first kappa shape index (κ1) is 13.8. The largest absolute Gasteiger partial charge is 0.355 e. The maximum atomic E-state index is 11.5. The normalized spacial score (nSPS) is 12.4. The van der Waals surface area contributed by atoms with Crippen molar-refractivity contribution in [3.63, 3.8) is 0 Å². The zero-order valence-electron chi connectivity index (χ0n) is 11.0. The molecule has 4 heteroatoms. The van der Waals surface area contributed by atoms with Crippen molar-refractivity contribution in [3.05, 3.63) is 24.0 Å². The molecule has 0 aromatic carbocycles. The monoisotopic (exact) mass is 237 g/mol. The van der Waals surface area contributed by atoms with Crippen molar-refractivity contribution in [2.75, 3.05) is 13.1 Å². The molecular weight excluding hydrogens is 214 g/mol. The van der Waals surface area contributed by atoms with Gasteiger partial charge in [0.25, 0.3) is 0 Å². The predicted octanol–water partition coefficient (Wildman–Crippen LogP) is 1.68. The Labute approximate surface area is 103 Å². The van der Waals surface area contributed by atoms with Crippen molar-refractivity contribution in [3.8, 4) is 0 Å². The van der Waals surface area contributed by atoms with Crippen molar-refractivity contribution >= 4 is 5.91 Å². The van der Waals surface area contributed by atoms with E-state index in [2.05, 4.69) is 30.5 Å². The second-order valence-electron chi connectivity index (χ2n) is 4.25. The molecule has 1 amide bonds. The van der Waals surface area contributed by atoms with Gasteiger partial charge in [0.1, 0.15) is 6.54 Å². The highest BCUT2D eigenvalue weighted by Crippen LogP contribution is 2.12. The Bertz CT molecular complexity index is 346. The summed E-state index contributed by atoms with van der Waals surface area (Å²) >= 11 is 0. The first-order valence-electron chi connectivity index (χ1n) is 6.33. The molecule has 0 saturated carbocycles. The lowest BCUT2D eigenvalue weighted by Gasteiger charge is -2.09. The number of aromatic nitrogens is 1. The molecule has 1 aromatic rings. The molecule has 1 unspecified atom stereocenters. The van der Waals surface area contributed by atoms with Crippen molar-refractivity contribution in [1.29, 1.82) is 0 Å². The summed E-state index contributed by atoms with van der Waals surface area (Å²) in [5.74, 6) is 0.0742. The van der Waals surface area contributed by atoms with E-state index in [1.807, 2.05) is 23.9 Å². The zero-order chi connectivity index (χ0) is 12.7. The lowest BCUT2D eigenvalue weighted by atomic mass is 10.2. The number of nitrogens with one attached hydrogen (secondary N) is 2. The number of hydrogen-bond acceptors (Lipinski definition) is 2. The molecule has 0 radical (unpaired) electrons. The molecule has 0 fully saturated rings. The van der Waals surface area contributed by atoms with Gasteiger partial charge in [-0.15, -0.1) is 0 Å². The molecule has 1 heterocycles. The lowest BCUT2D eigenvalue weighted by molar-refractivity contribution is -0.121. The maximum absolute atomic E-state index is 11.5. The number of rotatable bonds is 7. The van der Waals surface area contributed by atoms with Crippen LogP contribution in [0.2, 0.25) is 0 Å². The summed E-state index contributed by atoms with van der Waals surface area (Å²) in [4.78, 5) is 11.5. The van der Waals surface area contributed by atoms with E-state index < -0.39 is 0 Å². The summed E-state index contributed by atoms with van der Waals surface area (Å²) in [6.07, 6.45) is 4.95. The van der Waals surface area contributed by atoms with Crippen LogP contribution < -0.4 is 10.6 Å². The van der Waals surface area contributed by atoms with Crippen LogP contribution in [0.1, 0.15) is 38.8 Å². The smallest absolute Gasteiger partial charge is 0.239 e. The Hall–Kier alpha value is -1.29. The molecule has 0 spiro atoms. The Morgan fingerprint density at radius 3 is 2.88 bits per heavy atom. The van der Waals surface area contributed by atoms with E-state index in [1.165, 1.54) is 5.56 Å². The first-order chi connectivity index (χ1) is 8.17. The number of amides is 1. The highest BCUT2D eigenvalue weighted by atomic mass is 16.1. The fourth-order valence-corrected chi connectivity index (χ4v) is 1.72. The Morgan fingerprint density at radius 1 is 1.47 bits per heavy atom. The molecule has 0 saturated heterocycles. The van der Waals surface area contributed by atoms with Crippen LogP contribution in [0.3, 0.4) is 0 Å². The van der Waals surface area contributed by atoms with Crippen LogP contribution in [0.25, 0.3) is 0 Å². The van der Waals surface area contributed by atoms with Gasteiger partial charge in [-0.05, 0) is 31.5 Å². The minimum absolute atomic E-state index is 0.0742. The van der Waals surface area contributed by atoms with E-state index in [-0.39, 0.29) is 5.91 Å². The quantitative estimate of drug-likeness (QED) is 0.758. The Kier molecular flexibility index (Phi) is 5.77. The second kappa shape index (κ2) is 7.12. The molecular formula is C13H23N3O. The minimum atomic E-state index is 0.0742. The molecule has 2 N–H and O–H groups in total. The topological polar surface area (TPSA) is 46.1 Å². The fourth-order valence-electron chi connectivity index (χ4n) is 1.72. The highest BCUT2D eigenvalue weighted by molar-refractivity contribution is 5.75. The van der Waals surface area contributed by atoms with Crippen molar-refractivity contribution in [2.24, 2.45) is 0 Å². The molecule has 1 rings (SSSR count). The summed E-state index contributed by atoms with van der Waals surface area (Å²) in [7, 11) is 0. The van der Waals surface area contributed by atoms with Gasteiger partial charge in [-0.3, -0.25) is 4.79 Å². The average Bonchev–Trinajstić information content (AvgIpc) is 2.75. The predicted molar refractivity (Wildman–Crippen MR) is 69.8 cm³/mol. The van der Waals surface area contributed by atoms with E-state index in [0.717, 1.165) is 19.5 Å². The lowest BCUT2D eigenvalue weighted by Crippen LogP contribution is -2.27. The maximum Gasteiger partial charge on any atom is 0.239 e. The summed E-state index contributed by atoms with van der Waals surface area (Å²) in [6, 6.07) is 2.39. The fraction of sp³-hybridized carbons (Fsp3) is 0.615. The van der Waals surface area contributed by atoms with Crippen LogP contribution in [-0.4, -0.2) is 23.6 Å². The third kappa shape index (κ3) is 4.61. The number of nitrogens with zero attached hydrogens (tertiary/aromatic N) is 1. The molecule has 0 aliphatic carbocycles. The van der Waals surface area contributed by atoms with Gasteiger partial charge in [0.05, 0.1) is 0 Å². The van der Waals surface area contributed by atoms with Crippen LogP contribution in [0.5, 0.6) is 0 Å². The van der Waals surface area contributed by atoms with Gasteiger partial charge in [-0.25, -0.2) is 0 Å². The van der Waals surface area contributed by atoms with Crippen molar-refractivity contribution in [2.45, 2.75) is 39.8 Å². The third-order valence-corrected chi connectivity index (χ3v) is 2.68.